The van der Waals surface area contributed by atoms with Crippen LogP contribution < -0.4 is 0 Å². The number of nitriles is 1. The fraction of sp³-hybridized carbons (Fsp3) is 0.167. The number of methoxy groups -OCH3 is 1. The van der Waals surface area contributed by atoms with E-state index in [1.165, 1.54) is 13.2 Å². The molecule has 3 nitrogen and oxygen atoms in total. The molecular weight excluding hydrogens is 190 g/mol. The second kappa shape index (κ2) is 4.43. The van der Waals surface area contributed by atoms with Crippen molar-refractivity contribution in [2.45, 2.75) is 5.41 Å². The van der Waals surface area contributed by atoms with Gasteiger partial charge in [0.1, 0.15) is 0 Å². The van der Waals surface area contributed by atoms with Gasteiger partial charge in [0, 0.05) is 0 Å². The molecule has 1 aromatic carbocycles. The predicted octanol–water partition coefficient (Wildman–Crippen LogP) is 1.81. The Bertz CT molecular complexity index is 405. The van der Waals surface area contributed by atoms with Gasteiger partial charge in [-0.3, -0.25) is 0 Å². The van der Waals surface area contributed by atoms with Crippen LogP contribution in [0, 0.1) is 11.3 Å². The third kappa shape index (κ3) is 1.75. The summed E-state index contributed by atoms with van der Waals surface area (Å²) in [7, 11) is 1.25. The van der Waals surface area contributed by atoms with Gasteiger partial charge in [0.25, 0.3) is 0 Å². The SMILES string of the molecule is C=CC(C#N)(C(=O)OC)c1ccccc1. The van der Waals surface area contributed by atoms with Crippen LogP contribution in [0.1, 0.15) is 5.56 Å². The van der Waals surface area contributed by atoms with Crippen molar-refractivity contribution in [1.82, 2.24) is 0 Å². The van der Waals surface area contributed by atoms with Crippen LogP contribution in [-0.4, -0.2) is 13.1 Å². The first-order valence-corrected chi connectivity index (χ1v) is 4.40. The Kier molecular flexibility index (Phi) is 3.25. The maximum Gasteiger partial charge on any atom is 0.334 e. The number of carbonyl (C=O) groups is 1. The van der Waals surface area contributed by atoms with E-state index in [0.717, 1.165) is 0 Å². The summed E-state index contributed by atoms with van der Waals surface area (Å²) in [5.74, 6) is -0.619. The van der Waals surface area contributed by atoms with Gasteiger partial charge in [0.2, 0.25) is 0 Å². The Balaban J connectivity index is 3.31. The summed E-state index contributed by atoms with van der Waals surface area (Å²) in [4.78, 5) is 11.6. The molecule has 0 radical (unpaired) electrons. The van der Waals surface area contributed by atoms with E-state index in [9.17, 15) is 4.79 Å². The number of ether oxygens (including phenoxy) is 1. The summed E-state index contributed by atoms with van der Waals surface area (Å²) in [5, 5.41) is 9.11. The molecule has 0 fully saturated rings. The lowest BCUT2D eigenvalue weighted by Gasteiger charge is -2.19. The predicted molar refractivity (Wildman–Crippen MR) is 55.9 cm³/mol. The van der Waals surface area contributed by atoms with Crippen LogP contribution in [0.5, 0.6) is 0 Å². The Hall–Kier alpha value is -2.08. The molecule has 0 saturated heterocycles. The summed E-state index contributed by atoms with van der Waals surface area (Å²) in [6.45, 7) is 3.53. The van der Waals surface area contributed by atoms with Gasteiger partial charge in [0.15, 0.2) is 5.41 Å². The van der Waals surface area contributed by atoms with E-state index in [-0.39, 0.29) is 0 Å². The molecule has 76 valence electrons. The maximum absolute atomic E-state index is 11.6. The maximum atomic E-state index is 11.6. The zero-order valence-corrected chi connectivity index (χ0v) is 8.43. The number of carbonyl (C=O) groups excluding carboxylic acids is 1. The Morgan fingerprint density at radius 1 is 1.53 bits per heavy atom. The van der Waals surface area contributed by atoms with Crippen LogP contribution in [0.3, 0.4) is 0 Å². The Morgan fingerprint density at radius 3 is 2.53 bits per heavy atom. The zero-order chi connectivity index (χ0) is 11.3. The Labute approximate surface area is 88.6 Å². The lowest BCUT2D eigenvalue weighted by atomic mass is 9.82. The van der Waals surface area contributed by atoms with Crippen LogP contribution in [0.15, 0.2) is 43.0 Å². The van der Waals surface area contributed by atoms with Crippen molar-refractivity contribution in [3.63, 3.8) is 0 Å². The fourth-order valence-corrected chi connectivity index (χ4v) is 1.34. The van der Waals surface area contributed by atoms with Crippen LogP contribution in [0.4, 0.5) is 0 Å². The highest BCUT2D eigenvalue weighted by Gasteiger charge is 2.38. The summed E-state index contributed by atoms with van der Waals surface area (Å²) in [5.41, 5.74) is -0.843. The molecule has 0 aliphatic heterocycles. The largest absolute Gasteiger partial charge is 0.467 e. The quantitative estimate of drug-likeness (QED) is 0.553. The zero-order valence-electron chi connectivity index (χ0n) is 8.43. The van der Waals surface area contributed by atoms with Gasteiger partial charge in [-0.2, -0.15) is 5.26 Å². The van der Waals surface area contributed by atoms with Crippen molar-refractivity contribution in [2.24, 2.45) is 0 Å². The third-order valence-corrected chi connectivity index (χ3v) is 2.22. The first kappa shape index (κ1) is 11.0. The molecule has 15 heavy (non-hydrogen) atoms. The molecule has 1 aromatic rings. The van der Waals surface area contributed by atoms with Crippen molar-refractivity contribution < 1.29 is 9.53 Å². The number of benzene rings is 1. The molecule has 0 saturated carbocycles. The van der Waals surface area contributed by atoms with E-state index in [4.69, 9.17) is 5.26 Å². The van der Waals surface area contributed by atoms with Crippen LogP contribution >= 0.6 is 0 Å². The van der Waals surface area contributed by atoms with Crippen molar-refractivity contribution >= 4 is 5.97 Å². The first-order chi connectivity index (χ1) is 7.21. The number of rotatable bonds is 3. The molecule has 0 spiro atoms. The van der Waals surface area contributed by atoms with E-state index in [1.807, 2.05) is 12.1 Å². The summed E-state index contributed by atoms with van der Waals surface area (Å²) < 4.78 is 4.62. The third-order valence-electron chi connectivity index (χ3n) is 2.22. The van der Waals surface area contributed by atoms with Gasteiger partial charge >= 0.3 is 5.97 Å². The fourth-order valence-electron chi connectivity index (χ4n) is 1.34. The van der Waals surface area contributed by atoms with E-state index in [2.05, 4.69) is 11.3 Å². The molecule has 0 aliphatic rings. The van der Waals surface area contributed by atoms with Gasteiger partial charge in [-0.25, -0.2) is 4.79 Å². The van der Waals surface area contributed by atoms with Gasteiger partial charge < -0.3 is 4.74 Å². The van der Waals surface area contributed by atoms with Crippen molar-refractivity contribution in [1.29, 1.82) is 5.26 Å². The molecule has 1 atom stereocenters. The van der Waals surface area contributed by atoms with E-state index < -0.39 is 11.4 Å². The van der Waals surface area contributed by atoms with Crippen LogP contribution in [-0.2, 0) is 14.9 Å². The summed E-state index contributed by atoms with van der Waals surface area (Å²) in [6.07, 6.45) is 1.30. The second-order valence-corrected chi connectivity index (χ2v) is 2.98. The number of nitrogens with zero attached hydrogens (tertiary/aromatic N) is 1. The minimum atomic E-state index is -1.41. The van der Waals surface area contributed by atoms with Gasteiger partial charge in [0.05, 0.1) is 13.2 Å². The highest BCUT2D eigenvalue weighted by atomic mass is 16.5. The lowest BCUT2D eigenvalue weighted by Crippen LogP contribution is -2.33. The van der Waals surface area contributed by atoms with Crippen LogP contribution in [0.2, 0.25) is 0 Å². The topological polar surface area (TPSA) is 50.1 Å². The summed E-state index contributed by atoms with van der Waals surface area (Å²) >= 11 is 0. The molecule has 3 heteroatoms. The molecule has 1 rings (SSSR count). The highest BCUT2D eigenvalue weighted by molar-refractivity contribution is 5.89. The van der Waals surface area contributed by atoms with E-state index >= 15 is 0 Å². The standard InChI is InChI=1S/C12H11NO2/c1-3-12(9-13,11(14)15-2)10-7-5-4-6-8-10/h3-8H,1H2,2H3. The van der Waals surface area contributed by atoms with E-state index in [1.54, 1.807) is 24.3 Å². The smallest absolute Gasteiger partial charge is 0.334 e. The average Bonchev–Trinajstić information content (AvgIpc) is 2.32. The van der Waals surface area contributed by atoms with Gasteiger partial charge in [-0.1, -0.05) is 36.4 Å². The Morgan fingerprint density at radius 2 is 2.13 bits per heavy atom. The molecule has 0 amide bonds. The molecule has 0 heterocycles. The van der Waals surface area contributed by atoms with Crippen molar-refractivity contribution in [2.75, 3.05) is 7.11 Å². The molecule has 1 unspecified atom stereocenters. The minimum Gasteiger partial charge on any atom is -0.467 e. The average molecular weight is 201 g/mol. The van der Waals surface area contributed by atoms with Crippen molar-refractivity contribution in [3.8, 4) is 6.07 Å². The lowest BCUT2D eigenvalue weighted by molar-refractivity contribution is -0.143. The number of hydrogen-bond donors (Lipinski definition) is 0. The number of hydrogen-bond acceptors (Lipinski definition) is 3. The number of esters is 1. The second-order valence-electron chi connectivity index (χ2n) is 2.98. The van der Waals surface area contributed by atoms with Gasteiger partial charge in [-0.05, 0) is 5.56 Å². The summed E-state index contributed by atoms with van der Waals surface area (Å²) in [6, 6.07) is 10.7. The monoisotopic (exact) mass is 201 g/mol. The van der Waals surface area contributed by atoms with E-state index in [0.29, 0.717) is 5.56 Å². The van der Waals surface area contributed by atoms with Crippen molar-refractivity contribution in [3.05, 3.63) is 48.6 Å². The molecule has 0 bridgehead atoms. The highest BCUT2D eigenvalue weighted by Crippen LogP contribution is 2.26. The molecular formula is C12H11NO2. The molecule has 0 N–H and O–H groups in total. The normalized spacial score (nSPS) is 13.3. The first-order valence-electron chi connectivity index (χ1n) is 4.40. The molecule has 0 aromatic heterocycles. The van der Waals surface area contributed by atoms with Gasteiger partial charge in [-0.15, -0.1) is 6.58 Å². The van der Waals surface area contributed by atoms with Crippen LogP contribution in [0.25, 0.3) is 0 Å². The molecule has 0 aliphatic carbocycles. The minimum absolute atomic E-state index is 0.564.